The summed E-state index contributed by atoms with van der Waals surface area (Å²) in [6, 6.07) is 0. The quantitative estimate of drug-likeness (QED) is 0.759. The van der Waals surface area contributed by atoms with E-state index in [1.807, 2.05) is 6.92 Å². The van der Waals surface area contributed by atoms with Gasteiger partial charge in [-0.25, -0.2) is 0 Å². The zero-order valence-corrected chi connectivity index (χ0v) is 11.7. The van der Waals surface area contributed by atoms with E-state index in [1.165, 1.54) is 0 Å². The van der Waals surface area contributed by atoms with Gasteiger partial charge >= 0.3 is 0 Å². The Morgan fingerprint density at radius 1 is 1.26 bits per heavy atom. The molecule has 2 fully saturated rings. The normalized spacial score (nSPS) is 22.7. The molecule has 0 aromatic heterocycles. The van der Waals surface area contributed by atoms with E-state index in [9.17, 15) is 9.59 Å². The largest absolute Gasteiger partial charge is 0.382 e. The number of carbonyl (C=O) groups is 2. The fourth-order valence-electron chi connectivity index (χ4n) is 3.08. The van der Waals surface area contributed by atoms with E-state index in [0.717, 1.165) is 38.5 Å². The predicted octanol–water partition coefficient (Wildman–Crippen LogP) is 1.07. The number of hydrogen-bond acceptors (Lipinski definition) is 3. The minimum absolute atomic E-state index is 0.0158. The third-order valence-electron chi connectivity index (χ3n) is 4.04. The van der Waals surface area contributed by atoms with Crippen molar-refractivity contribution in [1.82, 2.24) is 10.2 Å². The Morgan fingerprint density at radius 3 is 2.68 bits per heavy atom. The van der Waals surface area contributed by atoms with Crippen LogP contribution < -0.4 is 5.32 Å². The van der Waals surface area contributed by atoms with E-state index >= 15 is 0 Å². The molecule has 2 rings (SSSR count). The first-order chi connectivity index (χ1) is 9.18. The molecule has 1 aliphatic heterocycles. The lowest BCUT2D eigenvalue weighted by Crippen LogP contribution is -2.67. The maximum atomic E-state index is 12.6. The van der Waals surface area contributed by atoms with E-state index in [0.29, 0.717) is 19.8 Å². The summed E-state index contributed by atoms with van der Waals surface area (Å²) in [5, 5.41) is 2.95. The first kappa shape index (κ1) is 14.3. The summed E-state index contributed by atoms with van der Waals surface area (Å²) in [4.78, 5) is 26.1. The van der Waals surface area contributed by atoms with Crippen molar-refractivity contribution in [1.29, 1.82) is 0 Å². The molecule has 1 aliphatic carbocycles. The summed E-state index contributed by atoms with van der Waals surface area (Å²) in [7, 11) is 0. The average Bonchev–Trinajstić information content (AvgIpc) is 2.41. The second-order valence-electron chi connectivity index (χ2n) is 5.47. The molecular formula is C14H24N2O3. The van der Waals surface area contributed by atoms with Crippen LogP contribution >= 0.6 is 0 Å². The molecule has 0 aromatic rings. The Bertz CT molecular complexity index is 338. The second-order valence-corrected chi connectivity index (χ2v) is 5.47. The second kappa shape index (κ2) is 6.37. The van der Waals surface area contributed by atoms with Crippen molar-refractivity contribution in [3.63, 3.8) is 0 Å². The average molecular weight is 268 g/mol. The molecule has 0 aromatic carbocycles. The summed E-state index contributed by atoms with van der Waals surface area (Å²) < 4.78 is 5.29. The third kappa shape index (κ3) is 3.26. The van der Waals surface area contributed by atoms with Crippen molar-refractivity contribution in [2.24, 2.45) is 0 Å². The van der Waals surface area contributed by atoms with Crippen LogP contribution in [0.1, 0.15) is 45.4 Å². The van der Waals surface area contributed by atoms with Gasteiger partial charge < -0.3 is 15.0 Å². The highest BCUT2D eigenvalue weighted by Crippen LogP contribution is 2.31. The molecule has 19 heavy (non-hydrogen) atoms. The van der Waals surface area contributed by atoms with Crippen molar-refractivity contribution >= 4 is 11.8 Å². The van der Waals surface area contributed by atoms with Crippen LogP contribution in [0, 0.1) is 0 Å². The minimum Gasteiger partial charge on any atom is -0.382 e. The van der Waals surface area contributed by atoms with Gasteiger partial charge in [0.15, 0.2) is 0 Å². The zero-order valence-electron chi connectivity index (χ0n) is 11.7. The van der Waals surface area contributed by atoms with Crippen LogP contribution in [-0.4, -0.2) is 48.6 Å². The number of nitrogens with one attached hydrogen (secondary N) is 1. The van der Waals surface area contributed by atoms with Gasteiger partial charge in [0.1, 0.15) is 5.54 Å². The summed E-state index contributed by atoms with van der Waals surface area (Å²) >= 11 is 0. The number of hydrogen-bond donors (Lipinski definition) is 1. The molecule has 2 amide bonds. The van der Waals surface area contributed by atoms with Gasteiger partial charge in [-0.15, -0.1) is 0 Å². The van der Waals surface area contributed by atoms with Crippen molar-refractivity contribution < 1.29 is 14.3 Å². The van der Waals surface area contributed by atoms with Crippen LogP contribution in [0.5, 0.6) is 0 Å². The van der Waals surface area contributed by atoms with E-state index in [4.69, 9.17) is 4.74 Å². The molecule has 1 saturated carbocycles. The molecule has 5 nitrogen and oxygen atoms in total. The van der Waals surface area contributed by atoms with Gasteiger partial charge in [-0.1, -0.05) is 19.3 Å². The van der Waals surface area contributed by atoms with Crippen LogP contribution in [0.15, 0.2) is 0 Å². The molecule has 0 atom stereocenters. The molecule has 1 heterocycles. The lowest BCUT2D eigenvalue weighted by atomic mass is 9.79. The lowest BCUT2D eigenvalue weighted by Gasteiger charge is -2.44. The van der Waals surface area contributed by atoms with E-state index in [1.54, 1.807) is 4.90 Å². The van der Waals surface area contributed by atoms with E-state index in [-0.39, 0.29) is 18.4 Å². The summed E-state index contributed by atoms with van der Waals surface area (Å²) in [5.74, 6) is 0.0983. The molecule has 0 unspecified atom stereocenters. The first-order valence-electron chi connectivity index (χ1n) is 7.36. The fourth-order valence-corrected chi connectivity index (χ4v) is 3.08. The third-order valence-corrected chi connectivity index (χ3v) is 4.04. The molecule has 1 N–H and O–H groups in total. The fraction of sp³-hybridized carbons (Fsp3) is 0.857. The predicted molar refractivity (Wildman–Crippen MR) is 71.6 cm³/mol. The van der Waals surface area contributed by atoms with Crippen LogP contribution in [0.2, 0.25) is 0 Å². The van der Waals surface area contributed by atoms with Gasteiger partial charge in [-0.05, 0) is 26.2 Å². The van der Waals surface area contributed by atoms with Gasteiger partial charge in [0, 0.05) is 19.8 Å². The van der Waals surface area contributed by atoms with Gasteiger partial charge in [0.25, 0.3) is 0 Å². The van der Waals surface area contributed by atoms with Gasteiger partial charge in [0.2, 0.25) is 11.8 Å². The Balaban J connectivity index is 1.95. The number of amides is 2. The number of carbonyl (C=O) groups excluding carboxylic acids is 2. The summed E-state index contributed by atoms with van der Waals surface area (Å²) in [6.45, 7) is 4.12. The molecular weight excluding hydrogens is 244 g/mol. The molecule has 0 bridgehead atoms. The van der Waals surface area contributed by atoms with Crippen molar-refractivity contribution in [3.8, 4) is 0 Å². The molecule has 0 radical (unpaired) electrons. The number of rotatable bonds is 5. The summed E-state index contributed by atoms with van der Waals surface area (Å²) in [6.07, 6.45) is 5.59. The Morgan fingerprint density at radius 2 is 2.00 bits per heavy atom. The Hall–Kier alpha value is -1.10. The Labute approximate surface area is 114 Å². The number of nitrogens with zero attached hydrogens (tertiary/aromatic N) is 1. The smallest absolute Gasteiger partial charge is 0.248 e. The maximum Gasteiger partial charge on any atom is 0.248 e. The zero-order chi connectivity index (χ0) is 13.7. The van der Waals surface area contributed by atoms with Gasteiger partial charge in [-0.3, -0.25) is 9.59 Å². The van der Waals surface area contributed by atoms with Crippen molar-refractivity contribution in [2.75, 3.05) is 26.3 Å². The van der Waals surface area contributed by atoms with Crippen LogP contribution in [0.3, 0.4) is 0 Å². The lowest BCUT2D eigenvalue weighted by molar-refractivity contribution is -0.151. The molecule has 108 valence electrons. The van der Waals surface area contributed by atoms with E-state index in [2.05, 4.69) is 5.32 Å². The van der Waals surface area contributed by atoms with Crippen LogP contribution in [0.25, 0.3) is 0 Å². The topological polar surface area (TPSA) is 58.6 Å². The molecule has 5 heteroatoms. The molecule has 1 saturated heterocycles. The summed E-state index contributed by atoms with van der Waals surface area (Å²) in [5.41, 5.74) is -0.598. The number of ether oxygens (including phenoxy) is 1. The van der Waals surface area contributed by atoms with Gasteiger partial charge in [0.05, 0.1) is 6.54 Å². The standard InChI is InChI=1S/C14H24N2O3/c1-2-19-10-6-9-16-11-12(17)15-14(13(16)18)7-4-3-5-8-14/h2-11H2,1H3,(H,15,17). The maximum absolute atomic E-state index is 12.6. The highest BCUT2D eigenvalue weighted by Gasteiger charge is 2.46. The van der Waals surface area contributed by atoms with Crippen molar-refractivity contribution in [2.45, 2.75) is 51.0 Å². The highest BCUT2D eigenvalue weighted by molar-refractivity contribution is 5.98. The molecule has 2 aliphatic rings. The highest BCUT2D eigenvalue weighted by atomic mass is 16.5. The van der Waals surface area contributed by atoms with Crippen molar-refractivity contribution in [3.05, 3.63) is 0 Å². The van der Waals surface area contributed by atoms with E-state index < -0.39 is 5.54 Å². The Kier molecular flexibility index (Phi) is 4.80. The first-order valence-corrected chi connectivity index (χ1v) is 7.36. The van der Waals surface area contributed by atoms with Crippen LogP contribution in [0.4, 0.5) is 0 Å². The van der Waals surface area contributed by atoms with Gasteiger partial charge in [-0.2, -0.15) is 0 Å². The molecule has 1 spiro atoms. The van der Waals surface area contributed by atoms with Crippen LogP contribution in [-0.2, 0) is 14.3 Å². The number of piperazine rings is 1. The monoisotopic (exact) mass is 268 g/mol. The SMILES string of the molecule is CCOCCCN1CC(=O)NC2(CCCCC2)C1=O. The minimum atomic E-state index is -0.598.